The number of hydrogen-bond donors (Lipinski definition) is 2. The van der Waals surface area contributed by atoms with Crippen molar-refractivity contribution in [3.8, 4) is 16.9 Å². The maximum Gasteiger partial charge on any atom is 0.319 e. The average molecular weight is 480 g/mol. The Bertz CT molecular complexity index is 1190. The number of carbonyl (C=O) groups is 2. The van der Waals surface area contributed by atoms with Gasteiger partial charge in [-0.2, -0.15) is 0 Å². The number of piperidine rings is 1. The lowest BCUT2D eigenvalue weighted by Crippen LogP contribution is -2.53. The van der Waals surface area contributed by atoms with Crippen molar-refractivity contribution in [2.24, 2.45) is 0 Å². The highest BCUT2D eigenvalue weighted by molar-refractivity contribution is 7.98. The van der Waals surface area contributed by atoms with Crippen LogP contribution >= 0.6 is 11.8 Å². The molecule has 3 amide bonds. The van der Waals surface area contributed by atoms with E-state index in [4.69, 9.17) is 4.74 Å². The first-order chi connectivity index (χ1) is 16.5. The molecule has 0 spiro atoms. The van der Waals surface area contributed by atoms with Crippen LogP contribution in [0.1, 0.15) is 12.8 Å². The molecule has 34 heavy (non-hydrogen) atoms. The molecule has 176 valence electrons. The zero-order valence-corrected chi connectivity index (χ0v) is 19.8. The second-order valence-electron chi connectivity index (χ2n) is 7.88. The van der Waals surface area contributed by atoms with Gasteiger partial charge in [-0.1, -0.05) is 24.3 Å². The molecule has 0 aromatic heterocycles. The Hall–Kier alpha value is -3.52. The van der Waals surface area contributed by atoms with Crippen LogP contribution in [0.5, 0.6) is 5.75 Å². The third-order valence-corrected chi connectivity index (χ3v) is 6.54. The molecule has 3 aromatic rings. The van der Waals surface area contributed by atoms with Crippen molar-refractivity contribution in [2.45, 2.75) is 23.8 Å². The minimum absolute atomic E-state index is 0.220. The van der Waals surface area contributed by atoms with E-state index in [9.17, 15) is 9.59 Å². The molecular formula is C26H26FN3O3S. The Morgan fingerprint density at radius 2 is 1.88 bits per heavy atom. The number of nitrogens with zero attached hydrogens (tertiary/aromatic N) is 1. The van der Waals surface area contributed by atoms with Crippen molar-refractivity contribution in [3.05, 3.63) is 72.5 Å². The molecule has 0 aliphatic carbocycles. The van der Waals surface area contributed by atoms with Crippen molar-refractivity contribution >= 4 is 35.1 Å². The molecule has 1 fully saturated rings. The van der Waals surface area contributed by atoms with E-state index in [0.717, 1.165) is 16.0 Å². The van der Waals surface area contributed by atoms with Gasteiger partial charge in [-0.05, 0) is 72.7 Å². The van der Waals surface area contributed by atoms with Crippen LogP contribution in [-0.2, 0) is 4.79 Å². The molecule has 1 aliphatic rings. The normalized spacial score (nSPS) is 15.7. The summed E-state index contributed by atoms with van der Waals surface area (Å²) >= 11 is 1.60. The number of rotatable bonds is 6. The molecule has 1 atom stereocenters. The predicted octanol–water partition coefficient (Wildman–Crippen LogP) is 5.54. The molecule has 4 rings (SSSR count). The molecule has 0 saturated carbocycles. The molecule has 3 aromatic carbocycles. The molecule has 1 saturated heterocycles. The number of anilines is 2. The van der Waals surface area contributed by atoms with Crippen molar-refractivity contribution in [2.75, 3.05) is 30.1 Å². The second-order valence-corrected chi connectivity index (χ2v) is 8.73. The van der Waals surface area contributed by atoms with E-state index < -0.39 is 17.9 Å². The van der Waals surface area contributed by atoms with E-state index in [1.807, 2.05) is 36.6 Å². The predicted molar refractivity (Wildman–Crippen MR) is 134 cm³/mol. The molecular weight excluding hydrogens is 453 g/mol. The van der Waals surface area contributed by atoms with Gasteiger partial charge in [0.25, 0.3) is 0 Å². The van der Waals surface area contributed by atoms with Crippen LogP contribution < -0.4 is 20.3 Å². The molecule has 8 heteroatoms. The van der Waals surface area contributed by atoms with Crippen molar-refractivity contribution in [1.29, 1.82) is 0 Å². The lowest BCUT2D eigenvalue weighted by molar-refractivity contribution is -0.121. The van der Waals surface area contributed by atoms with Gasteiger partial charge in [-0.3, -0.25) is 4.79 Å². The van der Waals surface area contributed by atoms with Crippen LogP contribution in [0.15, 0.2) is 71.6 Å². The average Bonchev–Trinajstić information content (AvgIpc) is 2.86. The first-order valence-corrected chi connectivity index (χ1v) is 12.2. The van der Waals surface area contributed by atoms with Crippen LogP contribution in [0, 0.1) is 5.82 Å². The zero-order valence-electron chi connectivity index (χ0n) is 19.0. The van der Waals surface area contributed by atoms with E-state index in [1.54, 1.807) is 49.2 Å². The lowest BCUT2D eigenvalue weighted by atomic mass is 10.0. The Labute approximate surface area is 202 Å². The van der Waals surface area contributed by atoms with E-state index in [0.29, 0.717) is 30.8 Å². The van der Waals surface area contributed by atoms with Crippen LogP contribution in [0.2, 0.25) is 0 Å². The number of amides is 3. The minimum atomic E-state index is -0.733. The third-order valence-electron chi connectivity index (χ3n) is 5.75. The highest BCUT2D eigenvalue weighted by Gasteiger charge is 2.32. The van der Waals surface area contributed by atoms with Gasteiger partial charge in [0.05, 0.1) is 12.8 Å². The summed E-state index contributed by atoms with van der Waals surface area (Å²) < 4.78 is 20.3. The number of thioether (sulfide) groups is 1. The van der Waals surface area contributed by atoms with E-state index >= 15 is 4.39 Å². The highest BCUT2D eigenvalue weighted by Crippen LogP contribution is 2.33. The van der Waals surface area contributed by atoms with Crippen LogP contribution in [0.25, 0.3) is 11.1 Å². The fraction of sp³-hybridized carbons (Fsp3) is 0.231. The van der Waals surface area contributed by atoms with E-state index in [2.05, 4.69) is 10.6 Å². The summed E-state index contributed by atoms with van der Waals surface area (Å²) in [7, 11) is 1.56. The van der Waals surface area contributed by atoms with Gasteiger partial charge in [-0.25, -0.2) is 9.18 Å². The van der Waals surface area contributed by atoms with Gasteiger partial charge < -0.3 is 20.3 Å². The van der Waals surface area contributed by atoms with E-state index in [-0.39, 0.29) is 11.6 Å². The van der Waals surface area contributed by atoms with Gasteiger partial charge in [0.15, 0.2) is 0 Å². The fourth-order valence-corrected chi connectivity index (χ4v) is 4.65. The third kappa shape index (κ3) is 5.17. The Balaban J connectivity index is 1.46. The lowest BCUT2D eigenvalue weighted by Gasteiger charge is -2.33. The second kappa shape index (κ2) is 10.6. The quantitative estimate of drug-likeness (QED) is 0.456. The smallest absolute Gasteiger partial charge is 0.319 e. The monoisotopic (exact) mass is 479 g/mol. The van der Waals surface area contributed by atoms with Crippen molar-refractivity contribution < 1.29 is 18.7 Å². The number of carbonyl (C=O) groups excluding carboxylic acids is 2. The van der Waals surface area contributed by atoms with Crippen LogP contribution in [0.4, 0.5) is 20.6 Å². The van der Waals surface area contributed by atoms with Gasteiger partial charge in [0, 0.05) is 17.1 Å². The van der Waals surface area contributed by atoms with Gasteiger partial charge in [0.1, 0.15) is 17.6 Å². The number of urea groups is 1. The highest BCUT2D eigenvalue weighted by atomic mass is 32.2. The number of halogens is 1. The number of benzene rings is 3. The number of hydrogen-bond acceptors (Lipinski definition) is 4. The topological polar surface area (TPSA) is 70.7 Å². The van der Waals surface area contributed by atoms with E-state index in [1.165, 1.54) is 11.0 Å². The SMILES string of the molecule is COc1ccc(NC(=O)NC2CCCN(c3ccc(-c4ccccc4SC)cc3F)C2=O)cc1. The molecule has 0 radical (unpaired) electrons. The largest absolute Gasteiger partial charge is 0.497 e. The molecule has 6 nitrogen and oxygen atoms in total. The van der Waals surface area contributed by atoms with Gasteiger partial charge >= 0.3 is 6.03 Å². The van der Waals surface area contributed by atoms with Gasteiger partial charge in [-0.15, -0.1) is 11.8 Å². The molecule has 2 N–H and O–H groups in total. The Kier molecular flexibility index (Phi) is 7.37. The summed E-state index contributed by atoms with van der Waals surface area (Å²) in [6.45, 7) is 0.398. The molecule has 0 bridgehead atoms. The summed E-state index contributed by atoms with van der Waals surface area (Å²) in [5.74, 6) is -0.119. The maximum absolute atomic E-state index is 15.2. The van der Waals surface area contributed by atoms with Crippen molar-refractivity contribution in [3.63, 3.8) is 0 Å². The number of methoxy groups -OCH3 is 1. The summed E-state index contributed by atoms with van der Waals surface area (Å²) in [6, 6.07) is 18.4. The summed E-state index contributed by atoms with van der Waals surface area (Å²) in [5, 5.41) is 5.43. The van der Waals surface area contributed by atoms with Crippen molar-refractivity contribution in [1.82, 2.24) is 5.32 Å². The standard InChI is InChI=1S/C26H26FN3O3S/c1-33-19-12-10-18(11-13-19)28-26(32)29-22-7-5-15-30(25(22)31)23-14-9-17(16-21(23)27)20-6-3-4-8-24(20)34-2/h3-4,6,8-14,16,22H,5,7,15H2,1-2H3,(H2,28,29,32). The summed E-state index contributed by atoms with van der Waals surface area (Å²) in [5.41, 5.74) is 2.49. The Morgan fingerprint density at radius 3 is 2.59 bits per heavy atom. The zero-order chi connectivity index (χ0) is 24.1. The first kappa shape index (κ1) is 23.6. The summed E-state index contributed by atoms with van der Waals surface area (Å²) in [6.07, 6.45) is 3.12. The first-order valence-electron chi connectivity index (χ1n) is 11.0. The maximum atomic E-state index is 15.2. The minimum Gasteiger partial charge on any atom is -0.497 e. The number of ether oxygens (including phenoxy) is 1. The van der Waals surface area contributed by atoms with Crippen LogP contribution in [0.3, 0.4) is 0 Å². The molecule has 1 heterocycles. The molecule has 1 aliphatic heterocycles. The fourth-order valence-electron chi connectivity index (χ4n) is 4.02. The summed E-state index contributed by atoms with van der Waals surface area (Å²) in [4.78, 5) is 28.0. The number of nitrogens with one attached hydrogen (secondary N) is 2. The van der Waals surface area contributed by atoms with Crippen LogP contribution in [-0.4, -0.2) is 37.9 Å². The Morgan fingerprint density at radius 1 is 1.12 bits per heavy atom. The van der Waals surface area contributed by atoms with Gasteiger partial charge in [0.2, 0.25) is 5.91 Å². The molecule has 1 unspecified atom stereocenters.